The topological polar surface area (TPSA) is 55.5 Å². The monoisotopic (exact) mass is 418 g/mol. The van der Waals surface area contributed by atoms with Crippen molar-refractivity contribution in [2.24, 2.45) is 0 Å². The SMILES string of the molecule is C1=C(N2CC3NCCC32)c2ccccc2NC1c1ccc(N2CCNCC2)nc1.CC. The lowest BCUT2D eigenvalue weighted by atomic mass is 9.91. The van der Waals surface area contributed by atoms with Crippen LogP contribution in [0.2, 0.25) is 0 Å². The van der Waals surface area contributed by atoms with E-state index in [-0.39, 0.29) is 6.04 Å². The van der Waals surface area contributed by atoms with Crippen LogP contribution in [0.5, 0.6) is 0 Å². The molecule has 1 aromatic heterocycles. The van der Waals surface area contributed by atoms with Gasteiger partial charge in [-0.15, -0.1) is 0 Å². The third-order valence-corrected chi connectivity index (χ3v) is 6.82. The summed E-state index contributed by atoms with van der Waals surface area (Å²) in [7, 11) is 0. The Morgan fingerprint density at radius 2 is 1.84 bits per heavy atom. The predicted octanol–water partition coefficient (Wildman–Crippen LogP) is 3.07. The van der Waals surface area contributed by atoms with Gasteiger partial charge in [-0.3, -0.25) is 0 Å². The summed E-state index contributed by atoms with van der Waals surface area (Å²) in [5.74, 6) is 1.08. The van der Waals surface area contributed by atoms with Gasteiger partial charge in [-0.1, -0.05) is 38.1 Å². The van der Waals surface area contributed by atoms with Gasteiger partial charge >= 0.3 is 0 Å². The summed E-state index contributed by atoms with van der Waals surface area (Å²) in [5, 5.41) is 10.8. The standard InChI is InChI=1S/C23H28N6.C2H6/c1-2-4-18-17(3-1)22(29-15-20-21(29)7-8-25-20)13-19(27-18)16-5-6-23(26-14-16)28-11-9-24-10-12-28;1-2/h1-6,13-14,19-21,24-25,27H,7-12,15H2;1-2H3. The number of nitrogens with zero attached hydrogens (tertiary/aromatic N) is 3. The third kappa shape index (κ3) is 3.79. The fourth-order valence-electron chi connectivity index (χ4n) is 5.18. The number of hydrogen-bond donors (Lipinski definition) is 3. The molecule has 1 aromatic carbocycles. The highest BCUT2D eigenvalue weighted by Crippen LogP contribution is 2.42. The molecule has 0 radical (unpaired) electrons. The molecule has 4 aliphatic rings. The minimum Gasteiger partial charge on any atom is -0.374 e. The van der Waals surface area contributed by atoms with Crippen LogP contribution in [0.4, 0.5) is 11.5 Å². The van der Waals surface area contributed by atoms with Gasteiger partial charge in [-0.05, 0) is 36.7 Å². The van der Waals surface area contributed by atoms with E-state index in [1.165, 1.54) is 28.9 Å². The molecule has 2 aromatic rings. The second kappa shape index (κ2) is 8.89. The summed E-state index contributed by atoms with van der Waals surface area (Å²) < 4.78 is 0. The molecule has 31 heavy (non-hydrogen) atoms. The average molecular weight is 419 g/mol. The lowest BCUT2D eigenvalue weighted by molar-refractivity contribution is 0.146. The summed E-state index contributed by atoms with van der Waals surface area (Å²) in [5.41, 5.74) is 5.13. The minimum atomic E-state index is 0.151. The van der Waals surface area contributed by atoms with Gasteiger partial charge in [0.15, 0.2) is 0 Å². The van der Waals surface area contributed by atoms with Gasteiger partial charge in [0.05, 0.1) is 6.04 Å². The zero-order valence-corrected chi connectivity index (χ0v) is 18.6. The van der Waals surface area contributed by atoms with Crippen molar-refractivity contribution >= 4 is 17.2 Å². The number of likely N-dealkylation sites (tertiary alicyclic amines) is 1. The van der Waals surface area contributed by atoms with Crippen LogP contribution in [0, 0.1) is 0 Å². The van der Waals surface area contributed by atoms with Gasteiger partial charge in [0.2, 0.25) is 0 Å². The molecule has 6 rings (SSSR count). The number of para-hydroxylation sites is 1. The molecule has 3 unspecified atom stereocenters. The van der Waals surface area contributed by atoms with Crippen LogP contribution in [0.15, 0.2) is 48.7 Å². The van der Waals surface area contributed by atoms with Gasteiger partial charge in [0.1, 0.15) is 5.82 Å². The van der Waals surface area contributed by atoms with Crippen LogP contribution >= 0.6 is 0 Å². The molecule has 0 spiro atoms. The second-order valence-electron chi connectivity index (χ2n) is 8.48. The first-order valence-electron chi connectivity index (χ1n) is 11.9. The summed E-state index contributed by atoms with van der Waals surface area (Å²) in [6, 6.07) is 14.6. The van der Waals surface area contributed by atoms with Crippen LogP contribution in [0.1, 0.15) is 37.4 Å². The number of pyridine rings is 1. The summed E-state index contributed by atoms with van der Waals surface area (Å²) in [4.78, 5) is 9.75. The smallest absolute Gasteiger partial charge is 0.128 e. The van der Waals surface area contributed by atoms with Crippen molar-refractivity contribution in [2.75, 3.05) is 49.5 Å². The number of nitrogens with one attached hydrogen (secondary N) is 3. The molecule has 3 saturated heterocycles. The van der Waals surface area contributed by atoms with E-state index in [4.69, 9.17) is 4.98 Å². The van der Waals surface area contributed by atoms with Gasteiger partial charge in [-0.2, -0.15) is 0 Å². The fraction of sp³-hybridized carbons (Fsp3) is 0.480. The first kappa shape index (κ1) is 20.3. The molecule has 0 bridgehead atoms. The van der Waals surface area contributed by atoms with Crippen molar-refractivity contribution in [1.82, 2.24) is 20.5 Å². The molecule has 5 heterocycles. The molecule has 0 amide bonds. The Kier molecular flexibility index (Phi) is 5.83. The van der Waals surface area contributed by atoms with E-state index in [9.17, 15) is 0 Å². The van der Waals surface area contributed by atoms with E-state index in [0.717, 1.165) is 45.1 Å². The summed E-state index contributed by atoms with van der Waals surface area (Å²) in [6.07, 6.45) is 5.69. The molecular formula is C25H34N6. The highest BCUT2D eigenvalue weighted by Gasteiger charge is 2.44. The van der Waals surface area contributed by atoms with Gasteiger partial charge in [0, 0.05) is 68.0 Å². The Morgan fingerprint density at radius 1 is 1.00 bits per heavy atom. The lowest BCUT2D eigenvalue weighted by Gasteiger charge is -2.48. The van der Waals surface area contributed by atoms with Crippen LogP contribution in [-0.4, -0.2) is 61.2 Å². The fourth-order valence-corrected chi connectivity index (χ4v) is 5.18. The normalized spacial score (nSPS) is 26.5. The van der Waals surface area contributed by atoms with Crippen molar-refractivity contribution in [3.63, 3.8) is 0 Å². The molecule has 3 N–H and O–H groups in total. The molecule has 3 fully saturated rings. The van der Waals surface area contributed by atoms with E-state index < -0.39 is 0 Å². The highest BCUT2D eigenvalue weighted by molar-refractivity contribution is 5.80. The third-order valence-electron chi connectivity index (χ3n) is 6.82. The Labute approximate surface area is 185 Å². The number of hydrogen-bond acceptors (Lipinski definition) is 6. The maximum atomic E-state index is 4.80. The molecule has 6 nitrogen and oxygen atoms in total. The molecule has 4 aliphatic heterocycles. The van der Waals surface area contributed by atoms with Crippen molar-refractivity contribution in [3.05, 3.63) is 59.8 Å². The number of rotatable bonds is 3. The molecule has 0 saturated carbocycles. The Balaban J connectivity index is 0.000000994. The summed E-state index contributed by atoms with van der Waals surface area (Å²) in [6.45, 7) is 10.4. The van der Waals surface area contributed by atoms with Crippen LogP contribution < -0.4 is 20.9 Å². The quantitative estimate of drug-likeness (QED) is 0.712. The average Bonchev–Trinajstić information content (AvgIpc) is 3.21. The van der Waals surface area contributed by atoms with Crippen molar-refractivity contribution in [1.29, 1.82) is 0 Å². The van der Waals surface area contributed by atoms with E-state index in [1.807, 2.05) is 20.0 Å². The van der Waals surface area contributed by atoms with Gasteiger partial charge in [0.25, 0.3) is 0 Å². The van der Waals surface area contributed by atoms with Crippen molar-refractivity contribution < 1.29 is 0 Å². The Bertz CT molecular complexity index is 918. The molecule has 164 valence electrons. The number of fused-ring (bicyclic) bond motifs is 2. The van der Waals surface area contributed by atoms with Crippen LogP contribution in [0.3, 0.4) is 0 Å². The first-order valence-corrected chi connectivity index (χ1v) is 11.9. The van der Waals surface area contributed by atoms with Crippen molar-refractivity contribution in [2.45, 2.75) is 38.4 Å². The highest BCUT2D eigenvalue weighted by atomic mass is 15.3. The number of anilines is 2. The van der Waals surface area contributed by atoms with E-state index in [1.54, 1.807) is 0 Å². The van der Waals surface area contributed by atoms with Gasteiger partial charge < -0.3 is 25.8 Å². The van der Waals surface area contributed by atoms with Crippen molar-refractivity contribution in [3.8, 4) is 0 Å². The van der Waals surface area contributed by atoms with Gasteiger partial charge in [-0.25, -0.2) is 4.98 Å². The number of benzene rings is 1. The lowest BCUT2D eigenvalue weighted by Crippen LogP contribution is -2.59. The zero-order chi connectivity index (χ0) is 21.2. The predicted molar refractivity (Wildman–Crippen MR) is 128 cm³/mol. The molecule has 6 heteroatoms. The Morgan fingerprint density at radius 3 is 2.61 bits per heavy atom. The van der Waals surface area contributed by atoms with E-state index in [0.29, 0.717) is 12.1 Å². The largest absolute Gasteiger partial charge is 0.374 e. The zero-order valence-electron chi connectivity index (χ0n) is 18.6. The molecule has 0 aliphatic carbocycles. The molecule has 3 atom stereocenters. The maximum Gasteiger partial charge on any atom is 0.128 e. The minimum absolute atomic E-state index is 0.151. The Hall–Kier alpha value is -2.57. The van der Waals surface area contributed by atoms with Crippen LogP contribution in [0.25, 0.3) is 5.70 Å². The molecular weight excluding hydrogens is 384 g/mol. The van der Waals surface area contributed by atoms with E-state index in [2.05, 4.69) is 68.2 Å². The summed E-state index contributed by atoms with van der Waals surface area (Å²) >= 11 is 0. The first-order chi connectivity index (χ1) is 15.4. The number of aromatic nitrogens is 1. The second-order valence-corrected chi connectivity index (χ2v) is 8.48. The van der Waals surface area contributed by atoms with Crippen LogP contribution in [-0.2, 0) is 0 Å². The van der Waals surface area contributed by atoms with E-state index >= 15 is 0 Å². The number of piperazine rings is 1. The maximum absolute atomic E-state index is 4.80.